The molecule has 0 saturated heterocycles. The van der Waals surface area contributed by atoms with Gasteiger partial charge in [-0.15, -0.1) is 0 Å². The smallest absolute Gasteiger partial charge is 0.263 e. The normalized spacial score (nSPS) is 21.5. The molecule has 0 radical (unpaired) electrons. The molecule has 0 aromatic heterocycles. The quantitative estimate of drug-likeness (QED) is 0.449. The Bertz CT molecular complexity index is 293. The van der Waals surface area contributed by atoms with Crippen LogP contribution in [0.15, 0.2) is 5.10 Å². The zero-order valence-electron chi connectivity index (χ0n) is 8.89. The highest BCUT2D eigenvalue weighted by atomic mass is 79.9. The summed E-state index contributed by atoms with van der Waals surface area (Å²) in [6, 6.07) is -4.94. The molecule has 0 N–H and O–H groups in total. The fourth-order valence-electron chi connectivity index (χ4n) is 1.21. The number of hydrazone groups is 1. The number of hydrogen-bond donors (Lipinski definition) is 0. The number of hydrogen-bond acceptors (Lipinski definition) is 3. The average molecular weight is 324 g/mol. The molecule has 0 aromatic carbocycles. The third-order valence-corrected chi connectivity index (χ3v) is 3.12. The van der Waals surface area contributed by atoms with Crippen LogP contribution in [0.3, 0.4) is 0 Å². The van der Waals surface area contributed by atoms with Crippen LogP contribution in [0.4, 0.5) is 22.0 Å². The van der Waals surface area contributed by atoms with E-state index in [4.69, 9.17) is 0 Å². The van der Waals surface area contributed by atoms with Crippen LogP contribution in [0.1, 0.15) is 19.8 Å². The summed E-state index contributed by atoms with van der Waals surface area (Å²) >= 11 is 2.78. The van der Waals surface area contributed by atoms with E-state index in [1.807, 2.05) is 6.92 Å². The van der Waals surface area contributed by atoms with Crippen LogP contribution in [0, 0.1) is 0 Å². The molecule has 1 atom stereocenters. The topological polar surface area (TPSA) is 18.8 Å². The van der Waals surface area contributed by atoms with Crippen molar-refractivity contribution >= 4 is 22.3 Å². The van der Waals surface area contributed by atoms with Gasteiger partial charge in [-0.1, -0.05) is 13.3 Å². The Labute approximate surface area is 103 Å². The summed E-state index contributed by atoms with van der Waals surface area (Å²) in [6.45, 7) is 2.19. The SMILES string of the molecule is CCCCN1N=CN(C(F)(F)C(F)(F)F)C1Br. The predicted octanol–water partition coefficient (Wildman–Crippen LogP) is 3.18. The van der Waals surface area contributed by atoms with Crippen molar-refractivity contribution in [1.29, 1.82) is 0 Å². The molecule has 1 aliphatic rings. The minimum atomic E-state index is -5.63. The summed E-state index contributed by atoms with van der Waals surface area (Å²) in [5, 5.41) is 3.38. The first kappa shape index (κ1) is 14.5. The number of unbranched alkanes of at least 4 members (excludes halogenated alkanes) is 1. The van der Waals surface area contributed by atoms with Gasteiger partial charge in [-0.2, -0.15) is 27.1 Å². The highest BCUT2D eigenvalue weighted by Crippen LogP contribution is 2.41. The largest absolute Gasteiger partial charge is 0.475 e. The van der Waals surface area contributed by atoms with E-state index in [-0.39, 0.29) is 4.90 Å². The first-order valence-electron chi connectivity index (χ1n) is 4.89. The van der Waals surface area contributed by atoms with Gasteiger partial charge in [-0.05, 0) is 22.4 Å². The zero-order chi connectivity index (χ0) is 13.3. The Morgan fingerprint density at radius 1 is 1.29 bits per heavy atom. The number of nitrogens with zero attached hydrogens (tertiary/aromatic N) is 3. The van der Waals surface area contributed by atoms with Crippen molar-refractivity contribution in [2.24, 2.45) is 5.10 Å². The molecule has 0 bridgehead atoms. The van der Waals surface area contributed by atoms with Gasteiger partial charge in [0.15, 0.2) is 5.08 Å². The molecular weight excluding hydrogens is 313 g/mol. The molecule has 0 saturated carbocycles. The van der Waals surface area contributed by atoms with Crippen molar-refractivity contribution in [3.63, 3.8) is 0 Å². The van der Waals surface area contributed by atoms with E-state index < -0.39 is 17.3 Å². The Morgan fingerprint density at radius 3 is 2.35 bits per heavy atom. The van der Waals surface area contributed by atoms with Crippen LogP contribution in [0.25, 0.3) is 0 Å². The van der Waals surface area contributed by atoms with Crippen molar-refractivity contribution < 1.29 is 22.0 Å². The van der Waals surface area contributed by atoms with Gasteiger partial charge in [-0.3, -0.25) is 9.91 Å². The molecule has 1 heterocycles. The van der Waals surface area contributed by atoms with Gasteiger partial charge in [0, 0.05) is 6.54 Å². The highest BCUT2D eigenvalue weighted by molar-refractivity contribution is 9.09. The summed E-state index contributed by atoms with van der Waals surface area (Å²) in [4.78, 5) is -0.150. The van der Waals surface area contributed by atoms with Gasteiger partial charge in [0.1, 0.15) is 6.34 Å². The summed E-state index contributed by atoms with van der Waals surface area (Å²) in [5.74, 6) is 0. The summed E-state index contributed by atoms with van der Waals surface area (Å²) in [7, 11) is 0. The molecule has 0 amide bonds. The van der Waals surface area contributed by atoms with E-state index in [1.54, 1.807) is 0 Å². The van der Waals surface area contributed by atoms with Crippen LogP contribution in [-0.4, -0.2) is 40.1 Å². The molecule has 17 heavy (non-hydrogen) atoms. The molecule has 0 aliphatic carbocycles. The molecule has 1 rings (SSSR count). The highest BCUT2D eigenvalue weighted by Gasteiger charge is 2.64. The van der Waals surface area contributed by atoms with Crippen molar-refractivity contribution in [3.05, 3.63) is 0 Å². The zero-order valence-corrected chi connectivity index (χ0v) is 10.5. The molecule has 0 fully saturated rings. The lowest BCUT2D eigenvalue weighted by atomic mass is 10.3. The molecule has 1 unspecified atom stereocenters. The van der Waals surface area contributed by atoms with Gasteiger partial charge >= 0.3 is 12.2 Å². The maximum atomic E-state index is 13.0. The van der Waals surface area contributed by atoms with Gasteiger partial charge in [0.25, 0.3) is 0 Å². The van der Waals surface area contributed by atoms with E-state index in [2.05, 4.69) is 21.0 Å². The number of halogens is 6. The van der Waals surface area contributed by atoms with Gasteiger partial charge < -0.3 is 0 Å². The molecule has 100 valence electrons. The maximum absolute atomic E-state index is 13.0. The molecule has 0 aromatic rings. The van der Waals surface area contributed by atoms with Crippen LogP contribution in [0.2, 0.25) is 0 Å². The second-order valence-electron chi connectivity index (χ2n) is 3.50. The van der Waals surface area contributed by atoms with E-state index in [0.29, 0.717) is 19.3 Å². The van der Waals surface area contributed by atoms with Gasteiger partial charge in [-0.25, -0.2) is 0 Å². The van der Waals surface area contributed by atoms with Crippen molar-refractivity contribution in [2.75, 3.05) is 6.54 Å². The Kier molecular flexibility index (Phi) is 4.21. The molecular formula is C8H11BrF5N3. The first-order chi connectivity index (χ1) is 7.71. The van der Waals surface area contributed by atoms with Gasteiger partial charge in [0.05, 0.1) is 0 Å². The standard InChI is InChI=1S/C8H11BrF5N3/c1-2-3-4-17-6(9)16(5-15-17)8(13,14)7(10,11)12/h5-6H,2-4H2,1H3. The number of rotatable bonds is 4. The van der Waals surface area contributed by atoms with Crippen LogP contribution < -0.4 is 0 Å². The lowest BCUT2D eigenvalue weighted by Gasteiger charge is -2.32. The minimum absolute atomic E-state index is 0.150. The average Bonchev–Trinajstić information content (AvgIpc) is 2.55. The second kappa shape index (κ2) is 4.95. The Hall–Kier alpha value is -0.600. The fourth-order valence-corrected chi connectivity index (χ4v) is 1.89. The van der Waals surface area contributed by atoms with Gasteiger partial charge in [0.2, 0.25) is 0 Å². The van der Waals surface area contributed by atoms with Crippen molar-refractivity contribution in [3.8, 4) is 0 Å². The monoisotopic (exact) mass is 323 g/mol. The van der Waals surface area contributed by atoms with E-state index in [1.165, 1.54) is 0 Å². The maximum Gasteiger partial charge on any atom is 0.475 e. The third-order valence-electron chi connectivity index (χ3n) is 2.21. The molecule has 0 spiro atoms. The molecule has 3 nitrogen and oxygen atoms in total. The third kappa shape index (κ3) is 2.80. The Balaban J connectivity index is 2.74. The molecule has 1 aliphatic heterocycles. The van der Waals surface area contributed by atoms with E-state index in [0.717, 1.165) is 11.4 Å². The Morgan fingerprint density at radius 2 is 1.88 bits per heavy atom. The van der Waals surface area contributed by atoms with Crippen LogP contribution in [-0.2, 0) is 0 Å². The molecule has 9 heteroatoms. The second-order valence-corrected chi connectivity index (χ2v) is 4.32. The van der Waals surface area contributed by atoms with Crippen LogP contribution >= 0.6 is 15.9 Å². The minimum Gasteiger partial charge on any atom is -0.263 e. The predicted molar refractivity (Wildman–Crippen MR) is 55.7 cm³/mol. The van der Waals surface area contributed by atoms with E-state index >= 15 is 0 Å². The summed E-state index contributed by atoms with van der Waals surface area (Å²) < 4.78 is 62.5. The number of alkyl halides is 6. The lowest BCUT2D eigenvalue weighted by Crippen LogP contribution is -2.54. The summed E-state index contributed by atoms with van der Waals surface area (Å²) in [5.41, 5.74) is 0. The fraction of sp³-hybridized carbons (Fsp3) is 0.875. The van der Waals surface area contributed by atoms with E-state index in [9.17, 15) is 22.0 Å². The first-order valence-corrected chi connectivity index (χ1v) is 5.81. The lowest BCUT2D eigenvalue weighted by molar-refractivity contribution is -0.328. The van der Waals surface area contributed by atoms with Crippen LogP contribution in [0.5, 0.6) is 0 Å². The summed E-state index contributed by atoms with van der Waals surface area (Å²) in [6.07, 6.45) is -3.68. The van der Waals surface area contributed by atoms with Crippen molar-refractivity contribution in [2.45, 2.75) is 37.1 Å². The van der Waals surface area contributed by atoms with Crippen molar-refractivity contribution in [1.82, 2.24) is 9.91 Å².